The number of hydrogen-bond acceptors (Lipinski definition) is 8. The number of thiophene rings is 1. The van der Waals surface area contributed by atoms with E-state index in [1.807, 2.05) is 24.3 Å². The van der Waals surface area contributed by atoms with Crippen LogP contribution in [0.1, 0.15) is 38.7 Å². The Balaban J connectivity index is 1.50. The summed E-state index contributed by atoms with van der Waals surface area (Å²) in [6.07, 6.45) is 5.39. The monoisotopic (exact) mass is 590 g/mol. The predicted molar refractivity (Wildman–Crippen MR) is 152 cm³/mol. The minimum atomic E-state index is -3.84. The molecule has 12 heteroatoms. The van der Waals surface area contributed by atoms with Gasteiger partial charge >= 0.3 is 0 Å². The van der Waals surface area contributed by atoms with Gasteiger partial charge in [0, 0.05) is 50.3 Å². The van der Waals surface area contributed by atoms with Gasteiger partial charge in [-0.05, 0) is 68.0 Å². The molecule has 210 valence electrons. The van der Waals surface area contributed by atoms with Crippen molar-refractivity contribution < 1.29 is 21.9 Å². The molecule has 1 aromatic carbocycles. The summed E-state index contributed by atoms with van der Waals surface area (Å²) in [6, 6.07) is 13.5. The summed E-state index contributed by atoms with van der Waals surface area (Å²) in [6.45, 7) is 4.42. The van der Waals surface area contributed by atoms with Crippen LogP contribution in [0.4, 0.5) is 5.69 Å². The van der Waals surface area contributed by atoms with Gasteiger partial charge in [0.25, 0.3) is 10.0 Å². The van der Waals surface area contributed by atoms with Crippen LogP contribution in [0.25, 0.3) is 0 Å². The van der Waals surface area contributed by atoms with E-state index in [1.54, 1.807) is 54.0 Å². The molecular formula is C27H34N4O5S3. The van der Waals surface area contributed by atoms with Crippen LogP contribution in [-0.2, 0) is 25.6 Å². The lowest BCUT2D eigenvalue weighted by atomic mass is 9.93. The van der Waals surface area contributed by atoms with Crippen LogP contribution in [0.15, 0.2) is 75.4 Å². The van der Waals surface area contributed by atoms with Crippen molar-refractivity contribution in [2.24, 2.45) is 0 Å². The van der Waals surface area contributed by atoms with E-state index in [0.717, 1.165) is 30.5 Å². The molecule has 9 nitrogen and oxygen atoms in total. The lowest BCUT2D eigenvalue weighted by Crippen LogP contribution is -2.60. The van der Waals surface area contributed by atoms with Crippen molar-refractivity contribution in [1.29, 1.82) is 0 Å². The van der Waals surface area contributed by atoms with E-state index in [-0.39, 0.29) is 34.8 Å². The first-order valence-electron chi connectivity index (χ1n) is 13.0. The van der Waals surface area contributed by atoms with Crippen molar-refractivity contribution in [2.75, 3.05) is 31.1 Å². The molecule has 0 bridgehead atoms. The van der Waals surface area contributed by atoms with Gasteiger partial charge in [-0.15, -0.1) is 11.3 Å². The smallest absolute Gasteiger partial charge is 0.252 e. The van der Waals surface area contributed by atoms with Gasteiger partial charge in [0.05, 0.1) is 11.6 Å². The summed E-state index contributed by atoms with van der Waals surface area (Å²) in [7, 11) is -7.55. The van der Waals surface area contributed by atoms with Crippen molar-refractivity contribution in [3.63, 3.8) is 0 Å². The molecule has 1 atom stereocenters. The molecule has 2 aromatic heterocycles. The highest BCUT2D eigenvalue weighted by atomic mass is 32.2. The molecular weight excluding hydrogens is 557 g/mol. The van der Waals surface area contributed by atoms with E-state index in [1.165, 1.54) is 21.8 Å². The van der Waals surface area contributed by atoms with Crippen molar-refractivity contribution in [3.05, 3.63) is 71.9 Å². The first kappa shape index (κ1) is 28.2. The largest absolute Gasteiger partial charge is 0.386 e. The van der Waals surface area contributed by atoms with E-state index >= 15 is 0 Å². The van der Waals surface area contributed by atoms with Crippen LogP contribution in [0, 0.1) is 0 Å². The Bertz CT molecular complexity index is 1470. The Hall–Kier alpha value is -2.35. The second-order valence-electron chi connectivity index (χ2n) is 10.6. The van der Waals surface area contributed by atoms with Gasteiger partial charge in [-0.1, -0.05) is 24.6 Å². The Morgan fingerprint density at radius 2 is 1.79 bits per heavy atom. The Labute approximate surface area is 234 Å². The van der Waals surface area contributed by atoms with Crippen LogP contribution in [-0.4, -0.2) is 73.8 Å². The van der Waals surface area contributed by atoms with Crippen LogP contribution in [0.2, 0.25) is 0 Å². The molecule has 5 rings (SSSR count). The SMILES string of the molecule is CC(C)(O)c1ccc(N2CCN(S(=O)(=O)c3cccs3)C[C@@H]2CN(C2CCC2)S(=O)(=O)c2cccnc2)cc1. The van der Waals surface area contributed by atoms with Gasteiger partial charge in [-0.3, -0.25) is 4.98 Å². The highest BCUT2D eigenvalue weighted by molar-refractivity contribution is 7.91. The number of piperazine rings is 1. The average molecular weight is 591 g/mol. The van der Waals surface area contributed by atoms with Crippen LogP contribution >= 0.6 is 11.3 Å². The zero-order valence-corrected chi connectivity index (χ0v) is 24.5. The number of aromatic nitrogens is 1. The van der Waals surface area contributed by atoms with Crippen LogP contribution in [0.3, 0.4) is 0 Å². The number of hydrogen-bond donors (Lipinski definition) is 1. The lowest BCUT2D eigenvalue weighted by Gasteiger charge is -2.46. The molecule has 1 saturated carbocycles. The molecule has 1 N–H and O–H groups in total. The molecule has 39 heavy (non-hydrogen) atoms. The third kappa shape index (κ3) is 5.77. The first-order chi connectivity index (χ1) is 18.5. The first-order valence-corrected chi connectivity index (χ1v) is 16.8. The highest BCUT2D eigenvalue weighted by Gasteiger charge is 2.41. The van der Waals surface area contributed by atoms with Gasteiger partial charge in [0.1, 0.15) is 9.10 Å². The fourth-order valence-electron chi connectivity index (χ4n) is 5.10. The Morgan fingerprint density at radius 3 is 2.36 bits per heavy atom. The molecule has 1 aliphatic carbocycles. The Morgan fingerprint density at radius 1 is 1.05 bits per heavy atom. The zero-order chi connectivity index (χ0) is 27.8. The summed E-state index contributed by atoms with van der Waals surface area (Å²) in [5.74, 6) is 0. The summed E-state index contributed by atoms with van der Waals surface area (Å²) >= 11 is 1.18. The number of aliphatic hydroxyl groups is 1. The number of pyridine rings is 1. The van der Waals surface area contributed by atoms with E-state index in [2.05, 4.69) is 9.88 Å². The number of benzene rings is 1. The van der Waals surface area contributed by atoms with Gasteiger partial charge in [0.2, 0.25) is 10.0 Å². The quantitative estimate of drug-likeness (QED) is 0.406. The minimum Gasteiger partial charge on any atom is -0.386 e. The molecule has 0 unspecified atom stereocenters. The number of rotatable bonds is 9. The van der Waals surface area contributed by atoms with Crippen molar-refractivity contribution in [1.82, 2.24) is 13.6 Å². The van der Waals surface area contributed by atoms with Crippen LogP contribution in [0.5, 0.6) is 0 Å². The van der Waals surface area contributed by atoms with Crippen molar-refractivity contribution in [2.45, 2.75) is 59.9 Å². The number of nitrogens with zero attached hydrogens (tertiary/aromatic N) is 4. The third-order valence-corrected chi connectivity index (χ3v) is 12.7. The Kier molecular flexibility index (Phi) is 7.88. The number of anilines is 1. The molecule has 3 heterocycles. The van der Waals surface area contributed by atoms with E-state index in [9.17, 15) is 21.9 Å². The maximum atomic E-state index is 13.8. The molecule has 0 radical (unpaired) electrons. The topological polar surface area (TPSA) is 111 Å². The molecule has 1 saturated heterocycles. The standard InChI is InChI=1S/C27H34N4O5S3/c1-27(2,32)21-10-12-22(13-11-21)30-16-15-29(39(35,36)26-9-5-17-37-26)19-24(30)20-31(23-6-3-7-23)38(33,34)25-8-4-14-28-18-25/h4-5,8-14,17-18,23-24,32H,3,6-7,15-16,19-20H2,1-2H3/t24-/m1/s1. The van der Waals surface area contributed by atoms with Crippen molar-refractivity contribution in [3.8, 4) is 0 Å². The maximum Gasteiger partial charge on any atom is 0.252 e. The molecule has 2 fully saturated rings. The van der Waals surface area contributed by atoms with Gasteiger partial charge < -0.3 is 10.0 Å². The summed E-state index contributed by atoms with van der Waals surface area (Å²) in [4.78, 5) is 6.26. The molecule has 1 aliphatic heterocycles. The van der Waals surface area contributed by atoms with E-state index in [0.29, 0.717) is 6.54 Å². The second kappa shape index (κ2) is 10.9. The van der Waals surface area contributed by atoms with E-state index < -0.39 is 31.7 Å². The van der Waals surface area contributed by atoms with Crippen LogP contribution < -0.4 is 4.90 Å². The highest BCUT2D eigenvalue weighted by Crippen LogP contribution is 2.33. The van der Waals surface area contributed by atoms with Crippen molar-refractivity contribution >= 4 is 37.1 Å². The summed E-state index contributed by atoms with van der Waals surface area (Å²) in [5.41, 5.74) is 0.620. The lowest BCUT2D eigenvalue weighted by molar-refractivity contribution is 0.0786. The maximum absolute atomic E-state index is 13.8. The zero-order valence-electron chi connectivity index (χ0n) is 22.0. The normalized spacial score (nSPS) is 19.8. The summed E-state index contributed by atoms with van der Waals surface area (Å²) in [5, 5.41) is 12.1. The third-order valence-electron chi connectivity index (χ3n) is 7.55. The molecule has 3 aromatic rings. The van der Waals surface area contributed by atoms with E-state index in [4.69, 9.17) is 0 Å². The second-order valence-corrected chi connectivity index (χ2v) is 15.6. The molecule has 0 amide bonds. The average Bonchev–Trinajstić information content (AvgIpc) is 3.43. The van der Waals surface area contributed by atoms with Gasteiger partial charge in [-0.2, -0.15) is 8.61 Å². The van der Waals surface area contributed by atoms with Gasteiger partial charge in [-0.25, -0.2) is 16.8 Å². The summed E-state index contributed by atoms with van der Waals surface area (Å²) < 4.78 is 57.8. The van der Waals surface area contributed by atoms with Gasteiger partial charge in [0.15, 0.2) is 0 Å². The molecule has 2 aliphatic rings. The fraction of sp³-hybridized carbons (Fsp3) is 0.444. The predicted octanol–water partition coefficient (Wildman–Crippen LogP) is 3.49. The fourth-order valence-corrected chi connectivity index (χ4v) is 9.40. The number of sulfonamides is 2. The molecule has 0 spiro atoms. The minimum absolute atomic E-state index is 0.136.